The van der Waals surface area contributed by atoms with Gasteiger partial charge in [-0.1, -0.05) is 30.3 Å². The zero-order chi connectivity index (χ0) is 11.8. The predicted molar refractivity (Wildman–Crippen MR) is 64.9 cm³/mol. The lowest BCUT2D eigenvalue weighted by Gasteiger charge is -2.41. The van der Waals surface area contributed by atoms with E-state index in [0.29, 0.717) is 0 Å². The molecule has 0 aromatic heterocycles. The molecule has 2 rings (SSSR count). The van der Waals surface area contributed by atoms with Gasteiger partial charge in [0.25, 0.3) is 0 Å². The molecule has 1 aliphatic heterocycles. The molecule has 1 saturated heterocycles. The fourth-order valence-electron chi connectivity index (χ4n) is 2.27. The normalized spacial score (nSPS) is 30.6. The predicted octanol–water partition coefficient (Wildman–Crippen LogP) is 1.58. The molecule has 1 aromatic carbocycles. The second kappa shape index (κ2) is 3.84. The minimum Gasteiger partial charge on any atom is -0.350 e. The molecule has 0 spiro atoms. The van der Waals surface area contributed by atoms with Crippen LogP contribution in [0, 0.1) is 0 Å². The Morgan fingerprint density at radius 1 is 1.38 bits per heavy atom. The van der Waals surface area contributed by atoms with E-state index in [1.165, 1.54) is 0 Å². The van der Waals surface area contributed by atoms with E-state index in [1.54, 1.807) is 0 Å². The average Bonchev–Trinajstić information content (AvgIpc) is 2.62. The first-order chi connectivity index (χ1) is 7.46. The maximum absolute atomic E-state index is 6.28. The summed E-state index contributed by atoms with van der Waals surface area (Å²) in [5, 5.41) is 3.43. The van der Waals surface area contributed by atoms with E-state index in [-0.39, 0.29) is 6.10 Å². The molecule has 2 unspecified atom stereocenters. The first-order valence-electron chi connectivity index (χ1n) is 5.73. The molecule has 88 valence electrons. The van der Waals surface area contributed by atoms with Crippen LogP contribution in [0.2, 0.25) is 0 Å². The smallest absolute Gasteiger partial charge is 0.163 e. The largest absolute Gasteiger partial charge is 0.350 e. The molecule has 3 N–H and O–H groups in total. The summed E-state index contributed by atoms with van der Waals surface area (Å²) in [6.07, 6.45) is 0.183. The summed E-state index contributed by atoms with van der Waals surface area (Å²) in [5.41, 5.74) is 6.32. The van der Waals surface area contributed by atoms with E-state index in [9.17, 15) is 0 Å². The van der Waals surface area contributed by atoms with Gasteiger partial charge in [0, 0.05) is 12.1 Å². The molecule has 1 aliphatic rings. The molecule has 1 aromatic rings. The summed E-state index contributed by atoms with van der Waals surface area (Å²) in [5.74, 6) is 0. The molecule has 16 heavy (non-hydrogen) atoms. The van der Waals surface area contributed by atoms with Crippen molar-refractivity contribution in [1.82, 2.24) is 5.32 Å². The average molecular weight is 220 g/mol. The summed E-state index contributed by atoms with van der Waals surface area (Å²) in [4.78, 5) is 0. The maximum Gasteiger partial charge on any atom is 0.163 e. The van der Waals surface area contributed by atoms with E-state index < -0.39 is 11.3 Å². The van der Waals surface area contributed by atoms with Gasteiger partial charge in [-0.05, 0) is 20.8 Å². The molecule has 1 fully saturated rings. The van der Waals surface area contributed by atoms with Crippen molar-refractivity contribution in [3.63, 3.8) is 0 Å². The summed E-state index contributed by atoms with van der Waals surface area (Å²) >= 11 is 0. The Hall–Kier alpha value is -0.900. The van der Waals surface area contributed by atoms with Gasteiger partial charge >= 0.3 is 0 Å². The molecular weight excluding hydrogens is 200 g/mol. The summed E-state index contributed by atoms with van der Waals surface area (Å²) in [6.45, 7) is 6.87. The number of rotatable bonds is 2. The van der Waals surface area contributed by atoms with Gasteiger partial charge < -0.3 is 10.5 Å². The molecule has 1 heterocycles. The van der Waals surface area contributed by atoms with Crippen LogP contribution in [0.3, 0.4) is 0 Å². The van der Waals surface area contributed by atoms with Crippen LogP contribution in [0.1, 0.15) is 26.3 Å². The quantitative estimate of drug-likeness (QED) is 0.795. The van der Waals surface area contributed by atoms with Crippen LogP contribution >= 0.6 is 0 Å². The topological polar surface area (TPSA) is 47.3 Å². The Balaban J connectivity index is 2.45. The van der Waals surface area contributed by atoms with Gasteiger partial charge in [0.05, 0.1) is 11.6 Å². The van der Waals surface area contributed by atoms with E-state index in [4.69, 9.17) is 10.5 Å². The van der Waals surface area contributed by atoms with Crippen LogP contribution in [0.15, 0.2) is 30.3 Å². The van der Waals surface area contributed by atoms with Crippen molar-refractivity contribution in [1.29, 1.82) is 0 Å². The summed E-state index contributed by atoms with van der Waals surface area (Å²) in [6, 6.07) is 10.1. The molecular formula is C13H20N2O. The first kappa shape index (κ1) is 11.6. The highest BCUT2D eigenvalue weighted by atomic mass is 16.5. The fourth-order valence-corrected chi connectivity index (χ4v) is 2.27. The van der Waals surface area contributed by atoms with Crippen molar-refractivity contribution in [2.24, 2.45) is 5.73 Å². The lowest BCUT2D eigenvalue weighted by atomic mass is 9.85. The molecule has 0 bridgehead atoms. The fraction of sp³-hybridized carbons (Fsp3) is 0.538. The van der Waals surface area contributed by atoms with Gasteiger partial charge in [0.15, 0.2) is 5.72 Å². The standard InChI is InChI=1S/C13H20N2O/c1-10-9-15-13(16-10,12(2,3)14)11-7-5-4-6-8-11/h4-8,10,15H,9,14H2,1-3H3. The van der Waals surface area contributed by atoms with Crippen LogP contribution < -0.4 is 11.1 Å². The third kappa shape index (κ3) is 1.75. The minimum atomic E-state index is -0.576. The molecule has 0 amide bonds. The highest BCUT2D eigenvalue weighted by molar-refractivity contribution is 5.27. The van der Waals surface area contributed by atoms with Crippen molar-refractivity contribution in [2.75, 3.05) is 6.54 Å². The van der Waals surface area contributed by atoms with Crippen molar-refractivity contribution >= 4 is 0 Å². The van der Waals surface area contributed by atoms with Crippen molar-refractivity contribution in [3.05, 3.63) is 35.9 Å². The monoisotopic (exact) mass is 220 g/mol. The molecule has 0 saturated carbocycles. The molecule has 3 heteroatoms. The number of nitrogens with one attached hydrogen (secondary N) is 1. The van der Waals surface area contributed by atoms with Crippen molar-refractivity contribution in [3.8, 4) is 0 Å². The van der Waals surface area contributed by atoms with Gasteiger partial charge in [-0.2, -0.15) is 0 Å². The summed E-state index contributed by atoms with van der Waals surface area (Å²) < 4.78 is 6.06. The first-order valence-corrected chi connectivity index (χ1v) is 5.73. The number of ether oxygens (including phenoxy) is 1. The SMILES string of the molecule is CC1CNC(c2ccccc2)(C(C)(C)N)O1. The Bertz CT molecular complexity index is 358. The second-order valence-corrected chi connectivity index (χ2v) is 5.08. The van der Waals surface area contributed by atoms with Gasteiger partial charge in [0.2, 0.25) is 0 Å². The maximum atomic E-state index is 6.28. The van der Waals surface area contributed by atoms with Crippen LogP contribution in [0.5, 0.6) is 0 Å². The number of hydrogen-bond donors (Lipinski definition) is 2. The van der Waals surface area contributed by atoms with E-state index in [1.807, 2.05) is 32.0 Å². The van der Waals surface area contributed by atoms with Crippen LogP contribution in [0.4, 0.5) is 0 Å². The number of benzene rings is 1. The van der Waals surface area contributed by atoms with Gasteiger partial charge in [0.1, 0.15) is 0 Å². The third-order valence-electron chi connectivity index (χ3n) is 3.10. The Labute approximate surface area is 97.0 Å². The lowest BCUT2D eigenvalue weighted by molar-refractivity contribution is -0.0936. The van der Waals surface area contributed by atoms with E-state index >= 15 is 0 Å². The van der Waals surface area contributed by atoms with Gasteiger partial charge in [-0.25, -0.2) is 0 Å². The van der Waals surface area contributed by atoms with Crippen LogP contribution in [-0.2, 0) is 10.5 Å². The second-order valence-electron chi connectivity index (χ2n) is 5.08. The Morgan fingerprint density at radius 3 is 2.44 bits per heavy atom. The van der Waals surface area contributed by atoms with Gasteiger partial charge in [-0.3, -0.25) is 5.32 Å². The highest BCUT2D eigenvalue weighted by Gasteiger charge is 2.49. The van der Waals surface area contributed by atoms with Crippen LogP contribution in [0.25, 0.3) is 0 Å². The molecule has 0 radical (unpaired) electrons. The van der Waals surface area contributed by atoms with Gasteiger partial charge in [-0.15, -0.1) is 0 Å². The zero-order valence-electron chi connectivity index (χ0n) is 10.2. The third-order valence-corrected chi connectivity index (χ3v) is 3.10. The van der Waals surface area contributed by atoms with E-state index in [0.717, 1.165) is 12.1 Å². The molecule has 2 atom stereocenters. The Kier molecular flexibility index (Phi) is 2.78. The van der Waals surface area contributed by atoms with Crippen LogP contribution in [-0.4, -0.2) is 18.2 Å². The Morgan fingerprint density at radius 2 is 2.00 bits per heavy atom. The lowest BCUT2D eigenvalue weighted by Crippen LogP contribution is -2.60. The van der Waals surface area contributed by atoms with Crippen molar-refractivity contribution in [2.45, 2.75) is 38.1 Å². The van der Waals surface area contributed by atoms with E-state index in [2.05, 4.69) is 24.4 Å². The minimum absolute atomic E-state index is 0.183. The summed E-state index contributed by atoms with van der Waals surface area (Å²) in [7, 11) is 0. The molecule has 0 aliphatic carbocycles. The van der Waals surface area contributed by atoms with Crippen molar-refractivity contribution < 1.29 is 4.74 Å². The molecule has 3 nitrogen and oxygen atoms in total. The number of hydrogen-bond acceptors (Lipinski definition) is 3. The highest BCUT2D eigenvalue weighted by Crippen LogP contribution is 2.36. The zero-order valence-corrected chi connectivity index (χ0v) is 10.2. The number of nitrogens with two attached hydrogens (primary N) is 1.